The quantitative estimate of drug-likeness (QED) is 0.903. The molecule has 22 heavy (non-hydrogen) atoms. The van der Waals surface area contributed by atoms with Crippen LogP contribution in [0.3, 0.4) is 0 Å². The third-order valence-electron chi connectivity index (χ3n) is 4.14. The van der Waals surface area contributed by atoms with Gasteiger partial charge >= 0.3 is 0 Å². The molecule has 4 heteroatoms. The highest BCUT2D eigenvalue weighted by Crippen LogP contribution is 2.41. The third kappa shape index (κ3) is 2.91. The molecule has 4 nitrogen and oxygen atoms in total. The van der Waals surface area contributed by atoms with E-state index in [1.54, 1.807) is 14.0 Å². The van der Waals surface area contributed by atoms with E-state index in [1.165, 1.54) is 0 Å². The van der Waals surface area contributed by atoms with Crippen LogP contribution in [0.2, 0.25) is 0 Å². The molecule has 0 aliphatic heterocycles. The minimum atomic E-state index is -0.402. The fraction of sp³-hybridized carbons (Fsp3) is 0.444. The molecular weight excluding hydrogens is 280 g/mol. The first-order valence-electron chi connectivity index (χ1n) is 7.52. The van der Waals surface area contributed by atoms with Gasteiger partial charge in [0.25, 0.3) is 0 Å². The lowest BCUT2D eigenvalue weighted by molar-refractivity contribution is -0.119. The fourth-order valence-electron chi connectivity index (χ4n) is 3.03. The van der Waals surface area contributed by atoms with Gasteiger partial charge < -0.3 is 9.84 Å². The highest BCUT2D eigenvalue weighted by molar-refractivity contribution is 6.24. The first-order valence-corrected chi connectivity index (χ1v) is 7.52. The van der Waals surface area contributed by atoms with Crippen molar-refractivity contribution in [3.63, 3.8) is 0 Å². The normalized spacial score (nSPS) is 18.0. The van der Waals surface area contributed by atoms with Crippen molar-refractivity contribution in [2.75, 3.05) is 7.11 Å². The van der Waals surface area contributed by atoms with Crippen LogP contribution in [-0.4, -0.2) is 23.8 Å². The average molecular weight is 302 g/mol. The standard InChI is InChI=1S/C18H22O4/c1-5-13(19)8-12-9-14(20)17(18(12)21)16-11(3)6-10(2)7-15(16)22-4/h6-7,12,21H,5,8-9H2,1-4H3. The van der Waals surface area contributed by atoms with E-state index in [-0.39, 0.29) is 30.2 Å². The SMILES string of the molecule is CCC(=O)CC1CC(=O)C(c2c(C)cc(C)cc2OC)=C1O. The monoisotopic (exact) mass is 302 g/mol. The van der Waals surface area contributed by atoms with E-state index in [4.69, 9.17) is 4.74 Å². The van der Waals surface area contributed by atoms with Crippen molar-refractivity contribution >= 4 is 17.1 Å². The Balaban J connectivity index is 2.51. The second-order valence-electron chi connectivity index (χ2n) is 5.84. The maximum Gasteiger partial charge on any atom is 0.167 e. The summed E-state index contributed by atoms with van der Waals surface area (Å²) in [5.74, 6) is 0.127. The topological polar surface area (TPSA) is 63.6 Å². The largest absolute Gasteiger partial charge is 0.511 e. The number of hydrogen-bond donors (Lipinski definition) is 1. The van der Waals surface area contributed by atoms with Gasteiger partial charge in [-0.05, 0) is 31.0 Å². The number of aryl methyl sites for hydroxylation is 2. The van der Waals surface area contributed by atoms with Gasteiger partial charge in [-0.3, -0.25) is 9.59 Å². The molecule has 0 saturated heterocycles. The van der Waals surface area contributed by atoms with Gasteiger partial charge in [0.1, 0.15) is 17.3 Å². The van der Waals surface area contributed by atoms with Gasteiger partial charge in [-0.15, -0.1) is 0 Å². The summed E-state index contributed by atoms with van der Waals surface area (Å²) >= 11 is 0. The fourth-order valence-corrected chi connectivity index (χ4v) is 3.03. The van der Waals surface area contributed by atoms with E-state index in [2.05, 4.69) is 0 Å². The number of methoxy groups -OCH3 is 1. The van der Waals surface area contributed by atoms with Crippen molar-refractivity contribution in [2.24, 2.45) is 5.92 Å². The van der Waals surface area contributed by atoms with Gasteiger partial charge in [0.05, 0.1) is 12.7 Å². The van der Waals surface area contributed by atoms with Gasteiger partial charge in [0.15, 0.2) is 5.78 Å². The number of carbonyl (C=O) groups is 2. The van der Waals surface area contributed by atoms with Gasteiger partial charge in [-0.1, -0.05) is 13.0 Å². The van der Waals surface area contributed by atoms with Crippen LogP contribution in [0.5, 0.6) is 5.75 Å². The summed E-state index contributed by atoms with van der Waals surface area (Å²) in [4.78, 5) is 24.0. The van der Waals surface area contributed by atoms with Crippen LogP contribution in [0, 0.1) is 19.8 Å². The second-order valence-corrected chi connectivity index (χ2v) is 5.84. The first-order chi connectivity index (χ1) is 10.4. The number of aliphatic hydroxyl groups is 1. The van der Waals surface area contributed by atoms with Gasteiger partial charge in [0.2, 0.25) is 0 Å². The van der Waals surface area contributed by atoms with Crippen LogP contribution in [0.4, 0.5) is 0 Å². The van der Waals surface area contributed by atoms with E-state index < -0.39 is 5.92 Å². The zero-order valence-corrected chi connectivity index (χ0v) is 13.5. The Morgan fingerprint density at radius 3 is 2.64 bits per heavy atom. The van der Waals surface area contributed by atoms with Crippen LogP contribution < -0.4 is 4.74 Å². The number of ether oxygens (including phenoxy) is 1. The van der Waals surface area contributed by atoms with Crippen LogP contribution in [0.25, 0.3) is 5.57 Å². The molecule has 1 aliphatic rings. The Labute approximate surface area is 130 Å². The Bertz CT molecular complexity index is 655. The maximum absolute atomic E-state index is 12.4. The van der Waals surface area contributed by atoms with Gasteiger partial charge in [-0.2, -0.15) is 0 Å². The molecule has 0 radical (unpaired) electrons. The van der Waals surface area contributed by atoms with Crippen molar-refractivity contribution in [3.8, 4) is 5.75 Å². The van der Waals surface area contributed by atoms with Crippen molar-refractivity contribution in [2.45, 2.75) is 40.0 Å². The Hall–Kier alpha value is -2.10. The van der Waals surface area contributed by atoms with Crippen LogP contribution in [0.15, 0.2) is 17.9 Å². The molecular formula is C18H22O4. The summed E-state index contributed by atoms with van der Waals surface area (Å²) < 4.78 is 5.39. The molecule has 0 saturated carbocycles. The van der Waals surface area contributed by atoms with E-state index >= 15 is 0 Å². The lowest BCUT2D eigenvalue weighted by Gasteiger charge is -2.14. The Morgan fingerprint density at radius 2 is 2.05 bits per heavy atom. The molecule has 1 N–H and O–H groups in total. The first kappa shape index (κ1) is 16.3. The molecule has 1 aromatic carbocycles. The molecule has 0 amide bonds. The van der Waals surface area contributed by atoms with Crippen LogP contribution >= 0.6 is 0 Å². The number of carbonyl (C=O) groups excluding carboxylic acids is 2. The minimum Gasteiger partial charge on any atom is -0.511 e. The van der Waals surface area contributed by atoms with Crippen molar-refractivity contribution in [3.05, 3.63) is 34.6 Å². The molecule has 1 aliphatic carbocycles. The second kappa shape index (κ2) is 6.34. The third-order valence-corrected chi connectivity index (χ3v) is 4.14. The summed E-state index contributed by atoms with van der Waals surface area (Å²) in [6, 6.07) is 3.80. The molecule has 0 heterocycles. The lowest BCUT2D eigenvalue weighted by atomic mass is 9.95. The number of hydrogen-bond acceptors (Lipinski definition) is 4. The molecule has 118 valence electrons. The van der Waals surface area contributed by atoms with E-state index in [0.717, 1.165) is 11.1 Å². The number of rotatable bonds is 5. The van der Waals surface area contributed by atoms with E-state index in [1.807, 2.05) is 26.0 Å². The predicted molar refractivity (Wildman–Crippen MR) is 85.0 cm³/mol. The Morgan fingerprint density at radius 1 is 1.36 bits per heavy atom. The molecule has 0 bridgehead atoms. The molecule has 1 atom stereocenters. The van der Waals surface area contributed by atoms with E-state index in [0.29, 0.717) is 23.3 Å². The van der Waals surface area contributed by atoms with Crippen LogP contribution in [0.1, 0.15) is 42.9 Å². The lowest BCUT2D eigenvalue weighted by Crippen LogP contribution is -2.07. The summed E-state index contributed by atoms with van der Waals surface area (Å²) in [5, 5.41) is 10.5. The molecule has 2 rings (SSSR count). The smallest absolute Gasteiger partial charge is 0.167 e. The number of benzene rings is 1. The van der Waals surface area contributed by atoms with Crippen molar-refractivity contribution < 1.29 is 19.4 Å². The molecule has 0 fully saturated rings. The highest BCUT2D eigenvalue weighted by atomic mass is 16.5. The average Bonchev–Trinajstić information content (AvgIpc) is 2.73. The van der Waals surface area contributed by atoms with Gasteiger partial charge in [-0.25, -0.2) is 0 Å². The van der Waals surface area contributed by atoms with Crippen LogP contribution in [-0.2, 0) is 9.59 Å². The minimum absolute atomic E-state index is 0.0250. The Kier molecular flexibility index (Phi) is 4.69. The maximum atomic E-state index is 12.4. The van der Waals surface area contributed by atoms with E-state index in [9.17, 15) is 14.7 Å². The van der Waals surface area contributed by atoms with Crippen molar-refractivity contribution in [1.29, 1.82) is 0 Å². The summed E-state index contributed by atoms with van der Waals surface area (Å²) in [5.41, 5.74) is 2.86. The van der Waals surface area contributed by atoms with Crippen molar-refractivity contribution in [1.82, 2.24) is 0 Å². The number of allylic oxidation sites excluding steroid dienone is 2. The molecule has 0 aromatic heterocycles. The summed E-state index contributed by atoms with van der Waals surface area (Å²) in [7, 11) is 1.55. The molecule has 1 unspecified atom stereocenters. The summed E-state index contributed by atoms with van der Waals surface area (Å²) in [6.45, 7) is 5.63. The highest BCUT2D eigenvalue weighted by Gasteiger charge is 2.36. The predicted octanol–water partition coefficient (Wildman–Crippen LogP) is 3.54. The van der Waals surface area contributed by atoms with Gasteiger partial charge in [0, 0.05) is 30.7 Å². The zero-order chi connectivity index (χ0) is 16.4. The zero-order valence-electron chi connectivity index (χ0n) is 13.5. The number of aliphatic hydroxyl groups excluding tert-OH is 1. The molecule has 0 spiro atoms. The number of ketones is 2. The number of Topliss-reactive ketones (excluding diaryl/α,β-unsaturated/α-hetero) is 2. The molecule has 1 aromatic rings. The summed E-state index contributed by atoms with van der Waals surface area (Å²) in [6.07, 6.45) is 0.814.